The molecule has 8 heteroatoms. The third-order valence-electron chi connectivity index (χ3n) is 4.87. The van der Waals surface area contributed by atoms with Crippen molar-refractivity contribution in [3.63, 3.8) is 0 Å². The van der Waals surface area contributed by atoms with Crippen LogP contribution in [0.15, 0.2) is 23.2 Å². The predicted octanol–water partition coefficient (Wildman–Crippen LogP) is 3.29. The van der Waals surface area contributed by atoms with E-state index in [1.165, 1.54) is 18.2 Å². The van der Waals surface area contributed by atoms with Crippen LogP contribution in [0.1, 0.15) is 32.6 Å². The van der Waals surface area contributed by atoms with Gasteiger partial charge < -0.3 is 20.3 Å². The maximum Gasteiger partial charge on any atom is 0.191 e. The van der Waals surface area contributed by atoms with Crippen LogP contribution in [-0.2, 0) is 4.74 Å². The normalized spacial score (nSPS) is 22.6. The van der Waals surface area contributed by atoms with Crippen molar-refractivity contribution in [1.82, 2.24) is 10.6 Å². The van der Waals surface area contributed by atoms with Crippen molar-refractivity contribution < 1.29 is 13.5 Å². The molecule has 3 rings (SSSR count). The number of benzene rings is 1. The molecule has 2 N–H and O–H groups in total. The molecular formula is C19H29F2IN4O. The van der Waals surface area contributed by atoms with Crippen LogP contribution in [0.4, 0.5) is 14.5 Å². The highest BCUT2D eigenvalue weighted by Gasteiger charge is 2.27. The average molecular weight is 494 g/mol. The molecule has 0 aromatic heterocycles. The van der Waals surface area contributed by atoms with Crippen LogP contribution in [0.3, 0.4) is 0 Å². The summed E-state index contributed by atoms with van der Waals surface area (Å²) in [5.41, 5.74) is 0.0668. The number of hydrogen-bond acceptors (Lipinski definition) is 3. The molecular weight excluding hydrogens is 465 g/mol. The fraction of sp³-hybridized carbons (Fsp3) is 0.632. The molecule has 2 aliphatic rings. The highest BCUT2D eigenvalue weighted by Crippen LogP contribution is 2.26. The molecule has 1 aromatic carbocycles. The van der Waals surface area contributed by atoms with E-state index in [1.54, 1.807) is 4.90 Å². The molecule has 0 bridgehead atoms. The molecule has 0 amide bonds. The fourth-order valence-electron chi connectivity index (χ4n) is 3.58. The lowest BCUT2D eigenvalue weighted by Gasteiger charge is -2.21. The second-order valence-electron chi connectivity index (χ2n) is 6.83. The lowest BCUT2D eigenvalue weighted by Crippen LogP contribution is -2.44. The van der Waals surface area contributed by atoms with E-state index in [1.807, 2.05) is 6.92 Å². The number of rotatable bonds is 6. The van der Waals surface area contributed by atoms with Gasteiger partial charge in [-0.1, -0.05) is 6.07 Å². The predicted molar refractivity (Wildman–Crippen MR) is 115 cm³/mol. The highest BCUT2D eigenvalue weighted by molar-refractivity contribution is 14.0. The molecule has 2 saturated heterocycles. The summed E-state index contributed by atoms with van der Waals surface area (Å²) in [4.78, 5) is 6.38. The van der Waals surface area contributed by atoms with E-state index < -0.39 is 11.6 Å². The van der Waals surface area contributed by atoms with E-state index >= 15 is 0 Å². The third-order valence-corrected chi connectivity index (χ3v) is 4.87. The molecule has 0 saturated carbocycles. The summed E-state index contributed by atoms with van der Waals surface area (Å²) in [7, 11) is 0. The van der Waals surface area contributed by atoms with Gasteiger partial charge in [-0.05, 0) is 44.7 Å². The van der Waals surface area contributed by atoms with Gasteiger partial charge in [0, 0.05) is 38.8 Å². The van der Waals surface area contributed by atoms with Crippen molar-refractivity contribution in [3.8, 4) is 0 Å². The molecule has 0 spiro atoms. The van der Waals surface area contributed by atoms with Crippen LogP contribution in [-0.4, -0.2) is 50.9 Å². The monoisotopic (exact) mass is 494 g/mol. The number of anilines is 1. The van der Waals surface area contributed by atoms with Crippen LogP contribution >= 0.6 is 24.0 Å². The largest absolute Gasteiger partial charge is 0.378 e. The summed E-state index contributed by atoms with van der Waals surface area (Å²) in [6, 6.07) is 4.10. The summed E-state index contributed by atoms with van der Waals surface area (Å²) in [6.45, 7) is 5.52. The zero-order valence-electron chi connectivity index (χ0n) is 15.7. The number of aliphatic imine (C=N–C) groups is 1. The van der Waals surface area contributed by atoms with Crippen LogP contribution in [0.5, 0.6) is 0 Å². The number of ether oxygens (including phenoxy) is 1. The molecule has 2 fully saturated rings. The standard InChI is InChI=1S/C19H28F2N4O.HI/c1-2-22-19(23-10-8-15-5-4-12-26-15)24-14-9-11-25(13-14)18-16(20)6-3-7-17(18)21;/h3,6-7,14-15H,2,4-5,8-13H2,1H3,(H2,22,23,24);1H. The van der Waals surface area contributed by atoms with Crippen LogP contribution < -0.4 is 15.5 Å². The van der Waals surface area contributed by atoms with Gasteiger partial charge in [-0.3, -0.25) is 4.99 Å². The number of nitrogens with one attached hydrogen (secondary N) is 2. The average Bonchev–Trinajstić information content (AvgIpc) is 3.27. The Morgan fingerprint density at radius 3 is 2.74 bits per heavy atom. The molecule has 5 nitrogen and oxygen atoms in total. The lowest BCUT2D eigenvalue weighted by atomic mass is 10.2. The topological polar surface area (TPSA) is 48.9 Å². The van der Waals surface area contributed by atoms with E-state index in [0.717, 1.165) is 44.8 Å². The molecule has 152 valence electrons. The van der Waals surface area contributed by atoms with E-state index in [0.29, 0.717) is 25.7 Å². The number of halogens is 3. The Bertz CT molecular complexity index is 605. The van der Waals surface area contributed by atoms with Gasteiger partial charge in [-0.2, -0.15) is 0 Å². The number of guanidine groups is 1. The summed E-state index contributed by atoms with van der Waals surface area (Å²) in [6.07, 6.45) is 4.31. The van der Waals surface area contributed by atoms with Gasteiger partial charge in [-0.25, -0.2) is 8.78 Å². The van der Waals surface area contributed by atoms with Crippen LogP contribution in [0, 0.1) is 11.6 Å². The third kappa shape index (κ3) is 6.17. The minimum atomic E-state index is -0.511. The first kappa shape index (κ1) is 22.1. The van der Waals surface area contributed by atoms with E-state index in [9.17, 15) is 8.78 Å². The number of nitrogens with zero attached hydrogens (tertiary/aromatic N) is 2. The summed E-state index contributed by atoms with van der Waals surface area (Å²) in [5, 5.41) is 6.64. The lowest BCUT2D eigenvalue weighted by molar-refractivity contribution is 0.106. The zero-order valence-corrected chi connectivity index (χ0v) is 18.0. The van der Waals surface area contributed by atoms with Gasteiger partial charge >= 0.3 is 0 Å². The van der Waals surface area contributed by atoms with E-state index in [4.69, 9.17) is 4.74 Å². The maximum atomic E-state index is 14.0. The Labute approximate surface area is 177 Å². The molecule has 27 heavy (non-hydrogen) atoms. The second-order valence-corrected chi connectivity index (χ2v) is 6.83. The first-order valence-corrected chi connectivity index (χ1v) is 9.52. The number of hydrogen-bond donors (Lipinski definition) is 2. The van der Waals surface area contributed by atoms with Gasteiger partial charge in [0.1, 0.15) is 17.3 Å². The summed E-state index contributed by atoms with van der Waals surface area (Å²) in [5.74, 6) is -0.267. The summed E-state index contributed by atoms with van der Waals surface area (Å²) >= 11 is 0. The minimum Gasteiger partial charge on any atom is -0.378 e. The molecule has 2 atom stereocenters. The highest BCUT2D eigenvalue weighted by atomic mass is 127. The SMILES string of the molecule is CCNC(=NCCC1CCCO1)NC1CCN(c2c(F)cccc2F)C1.I. The molecule has 1 aromatic rings. The van der Waals surface area contributed by atoms with Gasteiger partial charge in [0.25, 0.3) is 0 Å². The first-order valence-electron chi connectivity index (χ1n) is 9.52. The van der Waals surface area contributed by atoms with Crippen molar-refractivity contribution in [1.29, 1.82) is 0 Å². The summed E-state index contributed by atoms with van der Waals surface area (Å²) < 4.78 is 33.6. The smallest absolute Gasteiger partial charge is 0.191 e. The second kappa shape index (κ2) is 11.0. The molecule has 2 aliphatic heterocycles. The van der Waals surface area contributed by atoms with Gasteiger partial charge in [0.05, 0.1) is 6.10 Å². The van der Waals surface area contributed by atoms with E-state index in [2.05, 4.69) is 15.6 Å². The van der Waals surface area contributed by atoms with Crippen molar-refractivity contribution in [2.75, 3.05) is 37.7 Å². The van der Waals surface area contributed by atoms with Crippen molar-refractivity contribution >= 4 is 35.6 Å². The Morgan fingerprint density at radius 1 is 1.30 bits per heavy atom. The van der Waals surface area contributed by atoms with Crippen molar-refractivity contribution in [2.45, 2.75) is 44.8 Å². The van der Waals surface area contributed by atoms with Crippen LogP contribution in [0.25, 0.3) is 0 Å². The Hall–Kier alpha value is -1.16. The zero-order chi connectivity index (χ0) is 18.4. The van der Waals surface area contributed by atoms with Gasteiger partial charge in [0.15, 0.2) is 5.96 Å². The quantitative estimate of drug-likeness (QED) is 0.362. The molecule has 0 radical (unpaired) electrons. The molecule has 0 aliphatic carbocycles. The minimum absolute atomic E-state index is 0. The van der Waals surface area contributed by atoms with Gasteiger partial charge in [0.2, 0.25) is 0 Å². The van der Waals surface area contributed by atoms with Crippen molar-refractivity contribution in [3.05, 3.63) is 29.8 Å². The van der Waals surface area contributed by atoms with Gasteiger partial charge in [-0.15, -0.1) is 24.0 Å². The first-order chi connectivity index (χ1) is 12.7. The van der Waals surface area contributed by atoms with Crippen LogP contribution in [0.2, 0.25) is 0 Å². The Balaban J connectivity index is 0.00000261. The van der Waals surface area contributed by atoms with E-state index in [-0.39, 0.29) is 35.7 Å². The fourth-order valence-corrected chi connectivity index (χ4v) is 3.58. The molecule has 2 unspecified atom stereocenters. The Kier molecular flexibility index (Phi) is 9.01. The molecule has 2 heterocycles. The maximum absolute atomic E-state index is 14.0. The van der Waals surface area contributed by atoms with Crippen molar-refractivity contribution in [2.24, 2.45) is 4.99 Å². The Morgan fingerprint density at radius 2 is 2.07 bits per heavy atom. The number of para-hydroxylation sites is 1.